The van der Waals surface area contributed by atoms with Crippen molar-refractivity contribution >= 4 is 28.6 Å². The van der Waals surface area contributed by atoms with E-state index in [2.05, 4.69) is 23.5 Å². The van der Waals surface area contributed by atoms with Crippen LogP contribution in [0, 0.1) is 0 Å². The van der Waals surface area contributed by atoms with Crippen molar-refractivity contribution in [3.05, 3.63) is 45.1 Å². The largest absolute Gasteiger partial charge is 0.494 e. The summed E-state index contributed by atoms with van der Waals surface area (Å²) in [4.78, 5) is 1.43. The Bertz CT molecular complexity index is 579. The van der Waals surface area contributed by atoms with Gasteiger partial charge in [-0.15, -0.1) is 11.3 Å². The molecule has 1 aliphatic rings. The molecule has 0 amide bonds. The molecular weight excluding hydrogens is 290 g/mol. The maximum Gasteiger partial charge on any atom is 0.119 e. The fourth-order valence-corrected chi connectivity index (χ4v) is 4.07. The summed E-state index contributed by atoms with van der Waals surface area (Å²) in [5.41, 5.74) is 2.51. The molecule has 1 aliphatic carbocycles. The third kappa shape index (κ3) is 2.94. The van der Waals surface area contributed by atoms with E-state index in [0.717, 1.165) is 28.6 Å². The number of hydrogen-bond donors (Lipinski definition) is 1. The second-order valence-corrected chi connectivity index (χ2v) is 6.74. The van der Waals surface area contributed by atoms with Gasteiger partial charge in [-0.2, -0.15) is 0 Å². The number of rotatable bonds is 4. The van der Waals surface area contributed by atoms with Gasteiger partial charge in [0.15, 0.2) is 0 Å². The van der Waals surface area contributed by atoms with E-state index < -0.39 is 0 Å². The lowest BCUT2D eigenvalue weighted by Crippen LogP contribution is -2.15. The fraction of sp³-hybridized carbons (Fsp3) is 0.375. The van der Waals surface area contributed by atoms with Crippen LogP contribution in [0.2, 0.25) is 4.34 Å². The van der Waals surface area contributed by atoms with Crippen molar-refractivity contribution in [1.29, 1.82) is 0 Å². The molecule has 2 nitrogen and oxygen atoms in total. The smallest absolute Gasteiger partial charge is 0.119 e. The molecule has 1 heterocycles. The van der Waals surface area contributed by atoms with E-state index in [9.17, 15) is 0 Å². The highest BCUT2D eigenvalue weighted by Crippen LogP contribution is 2.39. The molecular formula is C16H18ClNOS. The van der Waals surface area contributed by atoms with Crippen LogP contribution in [0.4, 0.5) is 5.69 Å². The highest BCUT2D eigenvalue weighted by molar-refractivity contribution is 7.16. The molecule has 1 aromatic heterocycles. The molecule has 0 radical (unpaired) electrons. The van der Waals surface area contributed by atoms with Gasteiger partial charge < -0.3 is 10.1 Å². The monoisotopic (exact) mass is 307 g/mol. The molecule has 1 unspecified atom stereocenters. The molecule has 0 saturated heterocycles. The van der Waals surface area contributed by atoms with Gasteiger partial charge in [-0.3, -0.25) is 0 Å². The Morgan fingerprint density at radius 3 is 2.90 bits per heavy atom. The average Bonchev–Trinajstić information content (AvgIpc) is 2.83. The molecule has 1 N–H and O–H groups in total. The predicted octanol–water partition coefficient (Wildman–Crippen LogP) is 5.29. The molecule has 2 aromatic rings. The van der Waals surface area contributed by atoms with Crippen LogP contribution >= 0.6 is 22.9 Å². The summed E-state index contributed by atoms with van der Waals surface area (Å²) in [5, 5.41) is 3.61. The minimum atomic E-state index is 0.375. The first kappa shape index (κ1) is 13.8. The minimum absolute atomic E-state index is 0.375. The number of fused-ring (bicyclic) bond motifs is 1. The summed E-state index contributed by atoms with van der Waals surface area (Å²) in [6, 6.07) is 10.7. The van der Waals surface area contributed by atoms with E-state index in [4.69, 9.17) is 16.3 Å². The van der Waals surface area contributed by atoms with Crippen molar-refractivity contribution in [2.24, 2.45) is 0 Å². The quantitative estimate of drug-likeness (QED) is 0.828. The lowest BCUT2D eigenvalue weighted by atomic mass is 9.94. The maximum absolute atomic E-state index is 6.15. The van der Waals surface area contributed by atoms with Gasteiger partial charge in [-0.1, -0.05) is 11.6 Å². The average molecular weight is 308 g/mol. The van der Waals surface area contributed by atoms with E-state index in [1.807, 2.05) is 19.1 Å². The second-order valence-electron chi connectivity index (χ2n) is 4.98. The maximum atomic E-state index is 6.15. The number of thiophene rings is 1. The van der Waals surface area contributed by atoms with Crippen LogP contribution in [0.5, 0.6) is 5.75 Å². The molecule has 0 bridgehead atoms. The van der Waals surface area contributed by atoms with Crippen LogP contribution in [-0.2, 0) is 6.42 Å². The molecule has 0 spiro atoms. The van der Waals surface area contributed by atoms with E-state index in [0.29, 0.717) is 12.6 Å². The second kappa shape index (κ2) is 6.06. The van der Waals surface area contributed by atoms with Gasteiger partial charge in [-0.25, -0.2) is 0 Å². The van der Waals surface area contributed by atoms with Crippen LogP contribution in [0.1, 0.15) is 36.2 Å². The molecule has 1 aromatic carbocycles. The van der Waals surface area contributed by atoms with Crippen molar-refractivity contribution in [2.45, 2.75) is 32.2 Å². The summed E-state index contributed by atoms with van der Waals surface area (Å²) in [6.45, 7) is 2.70. The first-order valence-electron chi connectivity index (χ1n) is 7.04. The molecule has 20 heavy (non-hydrogen) atoms. The summed E-state index contributed by atoms with van der Waals surface area (Å²) < 4.78 is 6.37. The molecule has 0 fully saturated rings. The Morgan fingerprint density at radius 1 is 1.35 bits per heavy atom. The number of benzene rings is 1. The van der Waals surface area contributed by atoms with Crippen molar-refractivity contribution < 1.29 is 4.74 Å². The summed E-state index contributed by atoms with van der Waals surface area (Å²) in [6.07, 6.45) is 3.54. The third-order valence-corrected chi connectivity index (χ3v) is 4.93. The van der Waals surface area contributed by atoms with Crippen molar-refractivity contribution in [1.82, 2.24) is 0 Å². The van der Waals surface area contributed by atoms with E-state index >= 15 is 0 Å². The van der Waals surface area contributed by atoms with Gasteiger partial charge in [0.1, 0.15) is 5.75 Å². The fourth-order valence-electron chi connectivity index (χ4n) is 2.69. The molecule has 3 rings (SSSR count). The van der Waals surface area contributed by atoms with Crippen molar-refractivity contribution in [3.63, 3.8) is 0 Å². The highest BCUT2D eigenvalue weighted by atomic mass is 35.5. The molecule has 4 heteroatoms. The zero-order valence-corrected chi connectivity index (χ0v) is 13.1. The van der Waals surface area contributed by atoms with E-state index in [1.165, 1.54) is 16.9 Å². The predicted molar refractivity (Wildman–Crippen MR) is 86.2 cm³/mol. The van der Waals surface area contributed by atoms with Gasteiger partial charge in [0, 0.05) is 10.6 Å². The van der Waals surface area contributed by atoms with E-state index in [-0.39, 0.29) is 0 Å². The van der Waals surface area contributed by atoms with Crippen LogP contribution in [0.3, 0.4) is 0 Å². The number of hydrogen-bond acceptors (Lipinski definition) is 3. The van der Waals surface area contributed by atoms with Crippen LogP contribution < -0.4 is 10.1 Å². The normalized spacial score (nSPS) is 17.6. The van der Waals surface area contributed by atoms with Gasteiger partial charge in [0.05, 0.1) is 17.0 Å². The van der Waals surface area contributed by atoms with Crippen LogP contribution in [0.15, 0.2) is 30.3 Å². The van der Waals surface area contributed by atoms with Gasteiger partial charge >= 0.3 is 0 Å². The van der Waals surface area contributed by atoms with Gasteiger partial charge in [-0.05, 0) is 62.1 Å². The van der Waals surface area contributed by atoms with Crippen LogP contribution in [0.25, 0.3) is 0 Å². The van der Waals surface area contributed by atoms with Crippen molar-refractivity contribution in [3.8, 4) is 5.75 Å². The Kier molecular flexibility index (Phi) is 4.18. The van der Waals surface area contributed by atoms with Crippen molar-refractivity contribution in [2.75, 3.05) is 11.9 Å². The molecule has 1 atom stereocenters. The lowest BCUT2D eigenvalue weighted by Gasteiger charge is -2.24. The zero-order valence-electron chi connectivity index (χ0n) is 11.5. The highest BCUT2D eigenvalue weighted by Gasteiger charge is 2.22. The minimum Gasteiger partial charge on any atom is -0.494 e. The number of anilines is 1. The lowest BCUT2D eigenvalue weighted by molar-refractivity contribution is 0.340. The Morgan fingerprint density at radius 2 is 2.15 bits per heavy atom. The van der Waals surface area contributed by atoms with Gasteiger partial charge in [0.25, 0.3) is 0 Å². The topological polar surface area (TPSA) is 21.3 Å². The molecule has 0 aliphatic heterocycles. The number of nitrogens with one attached hydrogen (secondary N) is 1. The zero-order chi connectivity index (χ0) is 13.9. The standard InChI is InChI=1S/C16H18ClNOS/c1-2-19-12-8-6-11(7-9-12)18-14-4-3-5-15-13(14)10-16(17)20-15/h6-10,14,18H,2-5H2,1H3. The number of aryl methyl sites for hydroxylation is 1. The van der Waals surface area contributed by atoms with E-state index in [1.54, 1.807) is 11.3 Å². The van der Waals surface area contributed by atoms with Gasteiger partial charge in [0.2, 0.25) is 0 Å². The summed E-state index contributed by atoms with van der Waals surface area (Å²) >= 11 is 7.87. The first-order chi connectivity index (χ1) is 9.76. The van der Waals surface area contributed by atoms with Crippen LogP contribution in [-0.4, -0.2) is 6.61 Å². The first-order valence-corrected chi connectivity index (χ1v) is 8.23. The Labute approximate surface area is 128 Å². The Balaban J connectivity index is 1.75. The Hall–Kier alpha value is -1.19. The molecule has 0 saturated carbocycles. The third-order valence-electron chi connectivity index (χ3n) is 3.59. The number of ether oxygens (including phenoxy) is 1. The number of halogens is 1. The summed E-state index contributed by atoms with van der Waals surface area (Å²) in [7, 11) is 0. The SMILES string of the molecule is CCOc1ccc(NC2CCCc3sc(Cl)cc32)cc1. The summed E-state index contributed by atoms with van der Waals surface area (Å²) in [5.74, 6) is 0.918. The molecule has 106 valence electrons.